The number of hydrogen-bond acceptors (Lipinski definition) is 4. The van der Waals surface area contributed by atoms with Crippen LogP contribution in [0.3, 0.4) is 0 Å². The molecule has 0 aromatic heterocycles. The smallest absolute Gasteiger partial charge is 0.307 e. The molecule has 0 saturated heterocycles. The van der Waals surface area contributed by atoms with Gasteiger partial charge >= 0.3 is 5.97 Å². The van der Waals surface area contributed by atoms with Gasteiger partial charge in [0.25, 0.3) is 0 Å². The third-order valence-electron chi connectivity index (χ3n) is 1.91. The van der Waals surface area contributed by atoms with Gasteiger partial charge in [0.15, 0.2) is 0 Å². The van der Waals surface area contributed by atoms with Crippen LogP contribution in [0, 0.1) is 11.3 Å². The lowest BCUT2D eigenvalue weighted by atomic mass is 10.1. The number of aliphatic carboxylic acids is 1. The summed E-state index contributed by atoms with van der Waals surface area (Å²) in [6.07, 6.45) is -0.181. The van der Waals surface area contributed by atoms with Gasteiger partial charge in [-0.15, -0.1) is 0 Å². The van der Waals surface area contributed by atoms with Gasteiger partial charge in [-0.2, -0.15) is 5.26 Å². The molecule has 0 aliphatic heterocycles. The second kappa shape index (κ2) is 4.33. The maximum absolute atomic E-state index is 10.5. The molecule has 0 radical (unpaired) electrons. The molecule has 0 aliphatic rings. The molecule has 0 saturated carbocycles. The van der Waals surface area contributed by atoms with Gasteiger partial charge in [-0.3, -0.25) is 4.79 Å². The SMILES string of the molecule is COc1cc(C#N)c(N)cc1CC(=O)O. The molecule has 0 spiro atoms. The van der Waals surface area contributed by atoms with Crippen molar-refractivity contribution in [3.8, 4) is 11.8 Å². The van der Waals surface area contributed by atoms with Crippen molar-refractivity contribution >= 4 is 11.7 Å². The van der Waals surface area contributed by atoms with Crippen molar-refractivity contribution in [3.63, 3.8) is 0 Å². The van der Waals surface area contributed by atoms with E-state index in [0.717, 1.165) is 0 Å². The predicted molar refractivity (Wildman–Crippen MR) is 53.5 cm³/mol. The molecule has 5 heteroatoms. The van der Waals surface area contributed by atoms with Crippen LogP contribution in [0.25, 0.3) is 0 Å². The molecule has 3 N–H and O–H groups in total. The van der Waals surface area contributed by atoms with E-state index in [2.05, 4.69) is 0 Å². The molecule has 15 heavy (non-hydrogen) atoms. The van der Waals surface area contributed by atoms with Crippen molar-refractivity contribution < 1.29 is 14.6 Å². The first kappa shape index (κ1) is 10.9. The van der Waals surface area contributed by atoms with Gasteiger partial charge in [0, 0.05) is 17.3 Å². The minimum atomic E-state index is -0.975. The molecule has 1 aromatic rings. The van der Waals surface area contributed by atoms with Gasteiger partial charge in [0.2, 0.25) is 0 Å². The van der Waals surface area contributed by atoms with Crippen LogP contribution in [0.1, 0.15) is 11.1 Å². The molecule has 0 fully saturated rings. The molecule has 0 atom stereocenters. The highest BCUT2D eigenvalue weighted by molar-refractivity contribution is 5.73. The minimum absolute atomic E-state index is 0.181. The topological polar surface area (TPSA) is 96.3 Å². The number of hydrogen-bond donors (Lipinski definition) is 2. The quantitative estimate of drug-likeness (QED) is 0.712. The number of carboxylic acid groups (broad SMARTS) is 1. The maximum atomic E-state index is 10.5. The van der Waals surface area contributed by atoms with Gasteiger partial charge in [0.1, 0.15) is 11.8 Å². The first-order valence-corrected chi connectivity index (χ1v) is 4.16. The highest BCUT2D eigenvalue weighted by Gasteiger charge is 2.11. The average Bonchev–Trinajstić information content (AvgIpc) is 2.17. The van der Waals surface area contributed by atoms with Crippen molar-refractivity contribution in [3.05, 3.63) is 23.3 Å². The number of nitrogens with zero attached hydrogens (tertiary/aromatic N) is 1. The Kier molecular flexibility index (Phi) is 3.13. The summed E-state index contributed by atoms with van der Waals surface area (Å²) >= 11 is 0. The molecule has 0 bridgehead atoms. The van der Waals surface area contributed by atoms with Crippen molar-refractivity contribution in [2.75, 3.05) is 12.8 Å². The van der Waals surface area contributed by atoms with E-state index in [-0.39, 0.29) is 17.7 Å². The monoisotopic (exact) mass is 206 g/mol. The van der Waals surface area contributed by atoms with Crippen molar-refractivity contribution in [1.82, 2.24) is 0 Å². The Morgan fingerprint density at radius 3 is 2.80 bits per heavy atom. The lowest BCUT2D eigenvalue weighted by Gasteiger charge is -2.08. The summed E-state index contributed by atoms with van der Waals surface area (Å²) in [5, 5.41) is 17.4. The largest absolute Gasteiger partial charge is 0.496 e. The highest BCUT2D eigenvalue weighted by atomic mass is 16.5. The summed E-state index contributed by atoms with van der Waals surface area (Å²) in [4.78, 5) is 10.5. The second-order valence-electron chi connectivity index (χ2n) is 2.93. The van der Waals surface area contributed by atoms with Crippen LogP contribution in [-0.2, 0) is 11.2 Å². The van der Waals surface area contributed by atoms with E-state index in [1.165, 1.54) is 19.2 Å². The van der Waals surface area contributed by atoms with E-state index in [1.807, 2.05) is 6.07 Å². The van der Waals surface area contributed by atoms with Crippen LogP contribution in [0.15, 0.2) is 12.1 Å². The number of rotatable bonds is 3. The Morgan fingerprint density at radius 2 is 2.33 bits per heavy atom. The lowest BCUT2D eigenvalue weighted by Crippen LogP contribution is -2.04. The number of methoxy groups -OCH3 is 1. The summed E-state index contributed by atoms with van der Waals surface area (Å²) in [5.74, 6) is -0.611. The molecular weight excluding hydrogens is 196 g/mol. The van der Waals surface area contributed by atoms with Crippen LogP contribution in [0.5, 0.6) is 5.75 Å². The zero-order chi connectivity index (χ0) is 11.4. The Labute approximate surface area is 86.7 Å². The van der Waals surface area contributed by atoms with Crippen LogP contribution in [0.4, 0.5) is 5.69 Å². The van der Waals surface area contributed by atoms with Crippen molar-refractivity contribution in [2.45, 2.75) is 6.42 Å². The van der Waals surface area contributed by atoms with Crippen molar-refractivity contribution in [2.24, 2.45) is 0 Å². The predicted octanol–water partition coefficient (Wildman–Crippen LogP) is 0.776. The molecule has 0 amide bonds. The van der Waals surface area contributed by atoms with Gasteiger partial charge in [-0.1, -0.05) is 0 Å². The Hall–Kier alpha value is -2.22. The van der Waals surface area contributed by atoms with E-state index >= 15 is 0 Å². The number of ether oxygens (including phenoxy) is 1. The van der Waals surface area contributed by atoms with Gasteiger partial charge in [-0.25, -0.2) is 0 Å². The van der Waals surface area contributed by atoms with Gasteiger partial charge in [0.05, 0.1) is 19.1 Å². The Bertz CT molecular complexity index is 435. The Balaban J connectivity index is 3.22. The first-order valence-electron chi connectivity index (χ1n) is 4.16. The summed E-state index contributed by atoms with van der Waals surface area (Å²) in [5.41, 5.74) is 6.56. The average molecular weight is 206 g/mol. The lowest BCUT2D eigenvalue weighted by molar-refractivity contribution is -0.136. The number of nitriles is 1. The molecule has 0 unspecified atom stereocenters. The summed E-state index contributed by atoms with van der Waals surface area (Å²) in [6, 6.07) is 4.79. The number of nitrogen functional groups attached to an aromatic ring is 1. The number of benzene rings is 1. The number of anilines is 1. The zero-order valence-electron chi connectivity index (χ0n) is 8.15. The van der Waals surface area contributed by atoms with Crippen LogP contribution < -0.4 is 10.5 Å². The third kappa shape index (κ3) is 2.38. The second-order valence-corrected chi connectivity index (χ2v) is 2.93. The standard InChI is InChI=1S/C10H10N2O3/c1-15-9-3-7(5-11)8(12)2-6(9)4-10(13)14/h2-3H,4,12H2,1H3,(H,13,14). The highest BCUT2D eigenvalue weighted by Crippen LogP contribution is 2.25. The van der Waals surface area contributed by atoms with E-state index in [9.17, 15) is 4.79 Å². The molecular formula is C10H10N2O3. The fraction of sp³-hybridized carbons (Fsp3) is 0.200. The molecule has 0 heterocycles. The molecule has 1 aromatic carbocycles. The van der Waals surface area contributed by atoms with Crippen molar-refractivity contribution in [1.29, 1.82) is 5.26 Å². The molecule has 1 rings (SSSR count). The zero-order valence-corrected chi connectivity index (χ0v) is 8.15. The molecule has 78 valence electrons. The van der Waals surface area contributed by atoms with Crippen LogP contribution in [0.2, 0.25) is 0 Å². The summed E-state index contributed by atoms with van der Waals surface area (Å²) in [7, 11) is 1.41. The third-order valence-corrected chi connectivity index (χ3v) is 1.91. The van der Waals surface area contributed by atoms with Crippen LogP contribution >= 0.6 is 0 Å². The number of carbonyl (C=O) groups is 1. The van der Waals surface area contributed by atoms with E-state index in [1.54, 1.807) is 0 Å². The van der Waals surface area contributed by atoms with Gasteiger partial charge < -0.3 is 15.6 Å². The molecule has 5 nitrogen and oxygen atoms in total. The summed E-state index contributed by atoms with van der Waals surface area (Å²) < 4.78 is 4.97. The fourth-order valence-electron chi connectivity index (χ4n) is 1.23. The van der Waals surface area contributed by atoms with Gasteiger partial charge in [-0.05, 0) is 6.07 Å². The van der Waals surface area contributed by atoms with Crippen LogP contribution in [-0.4, -0.2) is 18.2 Å². The normalized spacial score (nSPS) is 9.33. The van der Waals surface area contributed by atoms with E-state index in [0.29, 0.717) is 11.3 Å². The molecule has 0 aliphatic carbocycles. The maximum Gasteiger partial charge on any atom is 0.307 e. The Morgan fingerprint density at radius 1 is 1.67 bits per heavy atom. The number of carboxylic acids is 1. The van der Waals surface area contributed by atoms with E-state index < -0.39 is 5.97 Å². The number of nitrogens with two attached hydrogens (primary N) is 1. The fourth-order valence-corrected chi connectivity index (χ4v) is 1.23. The minimum Gasteiger partial charge on any atom is -0.496 e. The van der Waals surface area contributed by atoms with E-state index in [4.69, 9.17) is 20.8 Å². The first-order chi connectivity index (χ1) is 7.08. The summed E-state index contributed by atoms with van der Waals surface area (Å²) in [6.45, 7) is 0.